The summed E-state index contributed by atoms with van der Waals surface area (Å²) in [6, 6.07) is 7.45. The number of rotatable bonds is 2. The lowest BCUT2D eigenvalue weighted by Gasteiger charge is -2.01. The molecule has 2 aromatic rings. The average molecular weight is 228 g/mol. The summed E-state index contributed by atoms with van der Waals surface area (Å²) in [5.41, 5.74) is 2.58. The van der Waals surface area contributed by atoms with Crippen LogP contribution in [0.15, 0.2) is 43.0 Å². The average Bonchev–Trinajstić information content (AvgIpc) is 2.42. The SMILES string of the molecule is CC.CC(=O)c1cccc(-c2cncnc2)c1. The predicted octanol–water partition coefficient (Wildman–Crippen LogP) is 3.37. The van der Waals surface area contributed by atoms with Crippen LogP contribution >= 0.6 is 0 Å². The number of carbonyl (C=O) groups excluding carboxylic acids is 1. The van der Waals surface area contributed by atoms with Crippen LogP contribution in [0.25, 0.3) is 11.1 Å². The second-order valence-corrected chi connectivity index (χ2v) is 3.26. The molecule has 0 aliphatic heterocycles. The van der Waals surface area contributed by atoms with Gasteiger partial charge in [0.15, 0.2) is 5.78 Å². The molecule has 0 atom stereocenters. The highest BCUT2D eigenvalue weighted by molar-refractivity contribution is 5.95. The number of carbonyl (C=O) groups is 1. The van der Waals surface area contributed by atoms with E-state index in [-0.39, 0.29) is 5.78 Å². The minimum Gasteiger partial charge on any atom is -0.295 e. The topological polar surface area (TPSA) is 42.9 Å². The van der Waals surface area contributed by atoms with E-state index in [1.165, 1.54) is 6.33 Å². The molecule has 17 heavy (non-hydrogen) atoms. The molecule has 3 heteroatoms. The summed E-state index contributed by atoms with van der Waals surface area (Å²) in [4.78, 5) is 19.1. The zero-order valence-corrected chi connectivity index (χ0v) is 10.3. The van der Waals surface area contributed by atoms with Gasteiger partial charge in [-0.2, -0.15) is 0 Å². The number of aromatic nitrogens is 2. The lowest BCUT2D eigenvalue weighted by molar-refractivity contribution is 0.101. The smallest absolute Gasteiger partial charge is 0.159 e. The Morgan fingerprint density at radius 2 is 1.71 bits per heavy atom. The maximum absolute atomic E-state index is 11.2. The Labute approximate surface area is 102 Å². The quantitative estimate of drug-likeness (QED) is 0.740. The largest absolute Gasteiger partial charge is 0.295 e. The van der Waals surface area contributed by atoms with Crippen molar-refractivity contribution in [1.29, 1.82) is 0 Å². The van der Waals surface area contributed by atoms with Gasteiger partial charge in [0, 0.05) is 23.5 Å². The van der Waals surface area contributed by atoms with Crippen LogP contribution in [0.1, 0.15) is 31.1 Å². The maximum atomic E-state index is 11.2. The summed E-state index contributed by atoms with van der Waals surface area (Å²) in [5, 5.41) is 0. The third kappa shape index (κ3) is 3.48. The summed E-state index contributed by atoms with van der Waals surface area (Å²) < 4.78 is 0. The second kappa shape index (κ2) is 6.53. The van der Waals surface area contributed by atoms with E-state index in [1.54, 1.807) is 25.4 Å². The van der Waals surface area contributed by atoms with Crippen LogP contribution in [0.5, 0.6) is 0 Å². The van der Waals surface area contributed by atoms with Crippen LogP contribution in [-0.4, -0.2) is 15.8 Å². The number of hydrogen-bond acceptors (Lipinski definition) is 3. The summed E-state index contributed by atoms with van der Waals surface area (Å²) in [7, 11) is 0. The summed E-state index contributed by atoms with van der Waals surface area (Å²) in [6.45, 7) is 5.56. The van der Waals surface area contributed by atoms with Gasteiger partial charge in [0.25, 0.3) is 0 Å². The Balaban J connectivity index is 0.000000686. The standard InChI is InChI=1S/C12H10N2O.C2H6/c1-9(15)10-3-2-4-11(5-10)12-6-13-8-14-7-12;1-2/h2-8H,1H3;1-2H3. The fourth-order valence-corrected chi connectivity index (χ4v) is 1.37. The fourth-order valence-electron chi connectivity index (χ4n) is 1.37. The van der Waals surface area contributed by atoms with Crippen LogP contribution in [0.4, 0.5) is 0 Å². The van der Waals surface area contributed by atoms with Gasteiger partial charge in [-0.1, -0.05) is 32.0 Å². The molecule has 0 aliphatic carbocycles. The van der Waals surface area contributed by atoms with Gasteiger partial charge in [0.1, 0.15) is 6.33 Å². The van der Waals surface area contributed by atoms with Crippen LogP contribution < -0.4 is 0 Å². The highest BCUT2D eigenvalue weighted by atomic mass is 16.1. The van der Waals surface area contributed by atoms with Gasteiger partial charge >= 0.3 is 0 Å². The van der Waals surface area contributed by atoms with Crippen molar-refractivity contribution >= 4 is 5.78 Å². The van der Waals surface area contributed by atoms with Crippen LogP contribution in [0, 0.1) is 0 Å². The number of nitrogens with zero attached hydrogens (tertiary/aromatic N) is 2. The second-order valence-electron chi connectivity index (χ2n) is 3.26. The molecule has 0 fully saturated rings. The van der Waals surface area contributed by atoms with Crippen molar-refractivity contribution < 1.29 is 4.79 Å². The molecule has 0 radical (unpaired) electrons. The van der Waals surface area contributed by atoms with Crippen molar-refractivity contribution in [1.82, 2.24) is 9.97 Å². The molecule has 1 heterocycles. The first-order valence-corrected chi connectivity index (χ1v) is 5.64. The highest BCUT2D eigenvalue weighted by Crippen LogP contribution is 2.18. The molecule has 3 nitrogen and oxygen atoms in total. The minimum atomic E-state index is 0.0636. The zero-order valence-electron chi connectivity index (χ0n) is 10.3. The van der Waals surface area contributed by atoms with E-state index in [0.717, 1.165) is 11.1 Å². The highest BCUT2D eigenvalue weighted by Gasteiger charge is 2.02. The number of benzene rings is 1. The fraction of sp³-hybridized carbons (Fsp3) is 0.214. The Morgan fingerprint density at radius 1 is 1.06 bits per heavy atom. The Hall–Kier alpha value is -2.03. The third-order valence-electron chi connectivity index (χ3n) is 2.16. The minimum absolute atomic E-state index is 0.0636. The van der Waals surface area contributed by atoms with Gasteiger partial charge < -0.3 is 0 Å². The van der Waals surface area contributed by atoms with E-state index in [0.29, 0.717) is 5.56 Å². The van der Waals surface area contributed by atoms with E-state index >= 15 is 0 Å². The molecule has 1 aromatic carbocycles. The summed E-state index contributed by atoms with van der Waals surface area (Å²) >= 11 is 0. The van der Waals surface area contributed by atoms with Gasteiger partial charge in [-0.25, -0.2) is 9.97 Å². The number of ketones is 1. The molecule has 0 unspecified atom stereocenters. The Kier molecular flexibility index (Phi) is 5.01. The molecule has 1 aromatic heterocycles. The molecular formula is C14H16N2O. The van der Waals surface area contributed by atoms with Gasteiger partial charge in [-0.15, -0.1) is 0 Å². The van der Waals surface area contributed by atoms with E-state index in [2.05, 4.69) is 9.97 Å². The monoisotopic (exact) mass is 228 g/mol. The molecule has 0 amide bonds. The molecule has 0 spiro atoms. The molecule has 0 N–H and O–H groups in total. The zero-order chi connectivity index (χ0) is 12.7. The summed E-state index contributed by atoms with van der Waals surface area (Å²) in [5.74, 6) is 0.0636. The first-order valence-electron chi connectivity index (χ1n) is 5.64. The van der Waals surface area contributed by atoms with Crippen molar-refractivity contribution in [2.45, 2.75) is 20.8 Å². The molecule has 0 saturated carbocycles. The van der Waals surface area contributed by atoms with Crippen molar-refractivity contribution in [2.75, 3.05) is 0 Å². The third-order valence-corrected chi connectivity index (χ3v) is 2.16. The van der Waals surface area contributed by atoms with E-state index in [1.807, 2.05) is 32.0 Å². The van der Waals surface area contributed by atoms with Crippen molar-refractivity contribution in [3.63, 3.8) is 0 Å². The molecule has 2 rings (SSSR count). The van der Waals surface area contributed by atoms with Crippen LogP contribution in [-0.2, 0) is 0 Å². The lowest BCUT2D eigenvalue weighted by atomic mass is 10.0. The van der Waals surface area contributed by atoms with Crippen molar-refractivity contribution in [2.24, 2.45) is 0 Å². The summed E-state index contributed by atoms with van der Waals surface area (Å²) in [6.07, 6.45) is 4.94. The van der Waals surface area contributed by atoms with Gasteiger partial charge in [-0.3, -0.25) is 4.79 Å². The normalized spacial score (nSPS) is 9.12. The number of Topliss-reactive ketones (excluding diaryl/α,β-unsaturated/α-hetero) is 1. The van der Waals surface area contributed by atoms with E-state index < -0.39 is 0 Å². The van der Waals surface area contributed by atoms with Crippen molar-refractivity contribution in [3.05, 3.63) is 48.5 Å². The lowest BCUT2D eigenvalue weighted by Crippen LogP contribution is -1.92. The molecule has 88 valence electrons. The van der Waals surface area contributed by atoms with Gasteiger partial charge in [-0.05, 0) is 18.6 Å². The van der Waals surface area contributed by atoms with Crippen molar-refractivity contribution in [3.8, 4) is 11.1 Å². The van der Waals surface area contributed by atoms with E-state index in [9.17, 15) is 4.79 Å². The molecule has 0 bridgehead atoms. The predicted molar refractivity (Wildman–Crippen MR) is 68.8 cm³/mol. The molecule has 0 aliphatic rings. The molecular weight excluding hydrogens is 212 g/mol. The molecule has 0 saturated heterocycles. The Morgan fingerprint density at radius 3 is 2.29 bits per heavy atom. The first kappa shape index (κ1) is 13.0. The van der Waals surface area contributed by atoms with E-state index in [4.69, 9.17) is 0 Å². The van der Waals surface area contributed by atoms with Gasteiger partial charge in [0.05, 0.1) is 0 Å². The maximum Gasteiger partial charge on any atom is 0.159 e. The van der Waals surface area contributed by atoms with Gasteiger partial charge in [0.2, 0.25) is 0 Å². The van der Waals surface area contributed by atoms with Crippen LogP contribution in [0.3, 0.4) is 0 Å². The van der Waals surface area contributed by atoms with Crippen LogP contribution in [0.2, 0.25) is 0 Å². The Bertz CT molecular complexity index is 481. The number of hydrogen-bond donors (Lipinski definition) is 0. The first-order chi connectivity index (χ1) is 8.27.